The van der Waals surface area contributed by atoms with Gasteiger partial charge >= 0.3 is 0 Å². The summed E-state index contributed by atoms with van der Waals surface area (Å²) in [5, 5.41) is 4.30. The average Bonchev–Trinajstić information content (AvgIpc) is 2.87. The Bertz CT molecular complexity index is 739. The van der Waals surface area contributed by atoms with Gasteiger partial charge in [0.2, 0.25) is 0 Å². The predicted octanol–water partition coefficient (Wildman–Crippen LogP) is 1.90. The summed E-state index contributed by atoms with van der Waals surface area (Å²) < 4.78 is 12.5. The lowest BCUT2D eigenvalue weighted by Crippen LogP contribution is -1.99. The van der Waals surface area contributed by atoms with E-state index in [1.807, 2.05) is 30.3 Å². The maximum Gasteiger partial charge on any atom is 0.189 e. The lowest BCUT2D eigenvalue weighted by Gasteiger charge is -2.08. The van der Waals surface area contributed by atoms with E-state index >= 15 is 0 Å². The van der Waals surface area contributed by atoms with Crippen LogP contribution in [0.5, 0.6) is 11.5 Å². The van der Waals surface area contributed by atoms with E-state index in [0.717, 1.165) is 5.65 Å². The van der Waals surface area contributed by atoms with Crippen molar-refractivity contribution in [3.8, 4) is 11.5 Å². The van der Waals surface area contributed by atoms with E-state index in [0.29, 0.717) is 23.0 Å². The van der Waals surface area contributed by atoms with Crippen LogP contribution in [0.3, 0.4) is 0 Å². The van der Waals surface area contributed by atoms with Crippen LogP contribution in [0.15, 0.2) is 42.6 Å². The average molecular weight is 270 g/mol. The monoisotopic (exact) mass is 270 g/mol. The summed E-state index contributed by atoms with van der Waals surface area (Å²) in [7, 11) is 1.61. The van der Waals surface area contributed by atoms with Crippen LogP contribution in [0.25, 0.3) is 5.65 Å². The van der Waals surface area contributed by atoms with Crippen molar-refractivity contribution in [1.82, 2.24) is 14.6 Å². The summed E-state index contributed by atoms with van der Waals surface area (Å²) in [5.41, 5.74) is 7.07. The highest BCUT2D eigenvalue weighted by atomic mass is 16.5. The molecule has 1 aromatic carbocycles. The molecular formula is C14H14N4O2. The zero-order chi connectivity index (χ0) is 13.9. The van der Waals surface area contributed by atoms with Gasteiger partial charge in [-0.05, 0) is 24.3 Å². The number of rotatable bonds is 4. The molecule has 3 aromatic rings. The highest BCUT2D eigenvalue weighted by Crippen LogP contribution is 2.26. The number of fused-ring (bicyclic) bond motifs is 1. The zero-order valence-corrected chi connectivity index (χ0v) is 11.0. The lowest BCUT2D eigenvalue weighted by molar-refractivity contribution is 0.276. The minimum atomic E-state index is 0.266. The maximum absolute atomic E-state index is 5.70. The van der Waals surface area contributed by atoms with Crippen molar-refractivity contribution < 1.29 is 9.47 Å². The van der Waals surface area contributed by atoms with Crippen molar-refractivity contribution in [3.05, 3.63) is 48.4 Å². The Morgan fingerprint density at radius 1 is 1.15 bits per heavy atom. The van der Waals surface area contributed by atoms with Crippen molar-refractivity contribution >= 4 is 11.3 Å². The van der Waals surface area contributed by atoms with E-state index in [1.165, 1.54) is 0 Å². The molecule has 20 heavy (non-hydrogen) atoms. The summed E-state index contributed by atoms with van der Waals surface area (Å²) in [6, 6.07) is 11.1. The van der Waals surface area contributed by atoms with E-state index in [9.17, 15) is 0 Å². The van der Waals surface area contributed by atoms with Gasteiger partial charge in [-0.15, -0.1) is 5.10 Å². The largest absolute Gasteiger partial charge is 0.493 e. The lowest BCUT2D eigenvalue weighted by atomic mass is 10.3. The van der Waals surface area contributed by atoms with Crippen LogP contribution in [0.4, 0.5) is 5.69 Å². The van der Waals surface area contributed by atoms with Crippen LogP contribution < -0.4 is 15.2 Å². The minimum absolute atomic E-state index is 0.266. The van der Waals surface area contributed by atoms with Gasteiger partial charge in [0, 0.05) is 0 Å². The second kappa shape index (κ2) is 5.08. The van der Waals surface area contributed by atoms with Gasteiger partial charge in [-0.25, -0.2) is 9.50 Å². The Hall–Kier alpha value is -2.76. The molecule has 0 unspecified atom stereocenters. The van der Waals surface area contributed by atoms with Gasteiger partial charge in [-0.2, -0.15) is 0 Å². The number of hydrogen-bond donors (Lipinski definition) is 1. The quantitative estimate of drug-likeness (QED) is 0.783. The number of benzene rings is 1. The number of pyridine rings is 1. The highest BCUT2D eigenvalue weighted by Gasteiger charge is 2.07. The molecule has 0 aliphatic heterocycles. The molecule has 0 amide bonds. The number of anilines is 1. The fourth-order valence-electron chi connectivity index (χ4n) is 1.89. The molecular weight excluding hydrogens is 256 g/mol. The van der Waals surface area contributed by atoms with Gasteiger partial charge in [-0.3, -0.25) is 0 Å². The molecule has 0 fully saturated rings. The van der Waals surface area contributed by atoms with Gasteiger partial charge in [-0.1, -0.05) is 12.1 Å². The molecule has 6 heteroatoms. The molecule has 0 radical (unpaired) electrons. The second-order valence-corrected chi connectivity index (χ2v) is 4.23. The Morgan fingerprint density at radius 2 is 1.95 bits per heavy atom. The molecule has 0 saturated heterocycles. The van der Waals surface area contributed by atoms with Crippen LogP contribution >= 0.6 is 0 Å². The zero-order valence-electron chi connectivity index (χ0n) is 11.0. The van der Waals surface area contributed by atoms with Crippen LogP contribution in [-0.4, -0.2) is 21.7 Å². The molecule has 0 atom stereocenters. The van der Waals surface area contributed by atoms with Crippen molar-refractivity contribution in [2.45, 2.75) is 6.61 Å². The van der Waals surface area contributed by atoms with Crippen molar-refractivity contribution in [2.24, 2.45) is 0 Å². The number of nitrogens with two attached hydrogens (primary N) is 1. The van der Waals surface area contributed by atoms with Gasteiger partial charge in [0.25, 0.3) is 0 Å². The maximum atomic E-state index is 5.70. The van der Waals surface area contributed by atoms with Crippen LogP contribution in [-0.2, 0) is 6.61 Å². The summed E-state index contributed by atoms with van der Waals surface area (Å²) in [5.74, 6) is 1.93. The second-order valence-electron chi connectivity index (χ2n) is 4.23. The highest BCUT2D eigenvalue weighted by molar-refractivity contribution is 5.46. The SMILES string of the molecule is COc1ccccc1OCc1nc2ccc(N)cn2n1. The normalized spacial score (nSPS) is 10.7. The summed E-state index contributed by atoms with van der Waals surface area (Å²) >= 11 is 0. The molecule has 102 valence electrons. The van der Waals surface area contributed by atoms with Gasteiger partial charge in [0.15, 0.2) is 23.0 Å². The molecule has 2 aromatic heterocycles. The number of nitrogen functional groups attached to an aromatic ring is 1. The number of methoxy groups -OCH3 is 1. The molecule has 2 heterocycles. The fraction of sp³-hybridized carbons (Fsp3) is 0.143. The van der Waals surface area contributed by atoms with Crippen molar-refractivity contribution in [2.75, 3.05) is 12.8 Å². The summed E-state index contributed by atoms with van der Waals surface area (Å²) in [6.45, 7) is 0.266. The first-order chi connectivity index (χ1) is 9.76. The Morgan fingerprint density at radius 3 is 2.75 bits per heavy atom. The smallest absolute Gasteiger partial charge is 0.189 e. The van der Waals surface area contributed by atoms with Crippen LogP contribution in [0.2, 0.25) is 0 Å². The number of nitrogens with zero attached hydrogens (tertiary/aromatic N) is 3. The number of aromatic nitrogens is 3. The van der Waals surface area contributed by atoms with Gasteiger partial charge in [0.1, 0.15) is 6.61 Å². The number of ether oxygens (including phenoxy) is 2. The van der Waals surface area contributed by atoms with Crippen molar-refractivity contribution in [1.29, 1.82) is 0 Å². The summed E-state index contributed by atoms with van der Waals surface area (Å²) in [6.07, 6.45) is 1.72. The molecule has 2 N–H and O–H groups in total. The van der Waals surface area contributed by atoms with E-state index in [2.05, 4.69) is 10.1 Å². The topological polar surface area (TPSA) is 74.7 Å². The molecule has 0 aliphatic rings. The van der Waals surface area contributed by atoms with E-state index < -0.39 is 0 Å². The predicted molar refractivity (Wildman–Crippen MR) is 74.7 cm³/mol. The van der Waals surface area contributed by atoms with Gasteiger partial charge in [0.05, 0.1) is 19.0 Å². The molecule has 3 rings (SSSR count). The first kappa shape index (κ1) is 12.3. The Kier molecular flexibility index (Phi) is 3.12. The third-order valence-electron chi connectivity index (χ3n) is 2.82. The van der Waals surface area contributed by atoms with E-state index in [4.69, 9.17) is 15.2 Å². The Labute approximate surface area is 115 Å². The molecule has 0 saturated carbocycles. The third-order valence-corrected chi connectivity index (χ3v) is 2.82. The Balaban J connectivity index is 1.79. The molecule has 0 spiro atoms. The van der Waals surface area contributed by atoms with Gasteiger partial charge < -0.3 is 15.2 Å². The fourth-order valence-corrected chi connectivity index (χ4v) is 1.89. The van der Waals surface area contributed by atoms with E-state index in [1.54, 1.807) is 23.9 Å². The minimum Gasteiger partial charge on any atom is -0.493 e. The molecule has 6 nitrogen and oxygen atoms in total. The van der Waals surface area contributed by atoms with Crippen LogP contribution in [0.1, 0.15) is 5.82 Å². The van der Waals surface area contributed by atoms with Crippen LogP contribution in [0, 0.1) is 0 Å². The molecule has 0 aliphatic carbocycles. The number of para-hydroxylation sites is 2. The standard InChI is InChI=1S/C14H14N4O2/c1-19-11-4-2-3-5-12(11)20-9-13-16-14-7-6-10(15)8-18(14)17-13/h2-8H,9,15H2,1H3. The third kappa shape index (κ3) is 2.35. The molecule has 0 bridgehead atoms. The first-order valence-electron chi connectivity index (χ1n) is 6.13. The first-order valence-corrected chi connectivity index (χ1v) is 6.13. The van der Waals surface area contributed by atoms with Crippen molar-refractivity contribution in [3.63, 3.8) is 0 Å². The summed E-state index contributed by atoms with van der Waals surface area (Å²) in [4.78, 5) is 4.35. The number of hydrogen-bond acceptors (Lipinski definition) is 5. The van der Waals surface area contributed by atoms with E-state index in [-0.39, 0.29) is 6.61 Å².